The molecule has 122 valence electrons. The van der Waals surface area contributed by atoms with Crippen LogP contribution in [0, 0.1) is 6.92 Å². The van der Waals surface area contributed by atoms with Crippen molar-refractivity contribution in [1.29, 1.82) is 0 Å². The topological polar surface area (TPSA) is 42.2 Å². The zero-order valence-electron chi connectivity index (χ0n) is 13.4. The lowest BCUT2D eigenvalue weighted by Crippen LogP contribution is -2.11. The molecule has 1 aromatic heterocycles. The maximum atomic E-state index is 13.4. The minimum Gasteiger partial charge on any atom is -0.478 e. The molecule has 0 spiro atoms. The summed E-state index contributed by atoms with van der Waals surface area (Å²) in [6, 6.07) is 11.6. The fraction of sp³-hybridized carbons (Fsp3) is 0.250. The van der Waals surface area contributed by atoms with Crippen molar-refractivity contribution in [2.45, 2.75) is 32.2 Å². The number of halogens is 1. The molecule has 0 fully saturated rings. The number of benzene rings is 2. The zero-order valence-corrected chi connectivity index (χ0v) is 13.4. The minimum absolute atomic E-state index is 0.0468. The van der Waals surface area contributed by atoms with Crippen LogP contribution in [0.15, 0.2) is 48.3 Å². The minimum atomic E-state index is -0.931. The van der Waals surface area contributed by atoms with E-state index in [0.29, 0.717) is 12.8 Å². The number of aromatic carboxylic acids is 1. The summed E-state index contributed by atoms with van der Waals surface area (Å²) < 4.78 is 15.6. The van der Waals surface area contributed by atoms with E-state index in [1.807, 2.05) is 12.1 Å². The standard InChI is InChI=1S/C20H18FNO2/c1-12-3-2-4-17-19(12)16-10-5-13(20(23)24)11-18(16)22(17)15-8-6-14(21)7-9-15/h2-6,10-11,15H,7-9H2,1H3,(H,23,24). The molecular formula is C20H18FNO2. The van der Waals surface area contributed by atoms with Crippen LogP contribution in [-0.4, -0.2) is 15.6 Å². The van der Waals surface area contributed by atoms with E-state index in [1.54, 1.807) is 18.2 Å². The average molecular weight is 323 g/mol. The second-order valence-corrected chi connectivity index (χ2v) is 6.46. The molecule has 2 aromatic carbocycles. The first-order chi connectivity index (χ1) is 11.6. The quantitative estimate of drug-likeness (QED) is 0.688. The summed E-state index contributed by atoms with van der Waals surface area (Å²) in [5.41, 5.74) is 3.45. The van der Waals surface area contributed by atoms with Crippen LogP contribution in [0.3, 0.4) is 0 Å². The number of allylic oxidation sites excluding steroid dienone is 2. The molecule has 1 aliphatic rings. The van der Waals surface area contributed by atoms with Gasteiger partial charge in [-0.3, -0.25) is 0 Å². The predicted octanol–water partition coefficient (Wildman–Crippen LogP) is 5.38. The summed E-state index contributed by atoms with van der Waals surface area (Å²) in [4.78, 5) is 11.4. The molecule has 1 heterocycles. The van der Waals surface area contributed by atoms with E-state index in [9.17, 15) is 14.3 Å². The number of hydrogen-bond acceptors (Lipinski definition) is 1. The van der Waals surface area contributed by atoms with Gasteiger partial charge in [0.1, 0.15) is 0 Å². The molecule has 0 saturated heterocycles. The van der Waals surface area contributed by atoms with Crippen molar-refractivity contribution in [3.8, 4) is 0 Å². The number of carboxylic acid groups (broad SMARTS) is 1. The number of aromatic nitrogens is 1. The van der Waals surface area contributed by atoms with E-state index in [-0.39, 0.29) is 17.4 Å². The zero-order chi connectivity index (χ0) is 16.8. The van der Waals surface area contributed by atoms with Crippen molar-refractivity contribution in [3.63, 3.8) is 0 Å². The van der Waals surface area contributed by atoms with E-state index in [1.165, 1.54) is 0 Å². The molecule has 4 heteroatoms. The van der Waals surface area contributed by atoms with Crippen molar-refractivity contribution in [2.75, 3.05) is 0 Å². The van der Waals surface area contributed by atoms with E-state index in [2.05, 4.69) is 23.6 Å². The van der Waals surface area contributed by atoms with E-state index in [4.69, 9.17) is 0 Å². The molecule has 0 radical (unpaired) electrons. The van der Waals surface area contributed by atoms with Gasteiger partial charge in [0.2, 0.25) is 0 Å². The first-order valence-corrected chi connectivity index (χ1v) is 8.17. The highest BCUT2D eigenvalue weighted by Gasteiger charge is 2.22. The third-order valence-corrected chi connectivity index (χ3v) is 4.98. The lowest BCUT2D eigenvalue weighted by molar-refractivity contribution is 0.0697. The largest absolute Gasteiger partial charge is 0.478 e. The molecule has 4 rings (SSSR count). The summed E-state index contributed by atoms with van der Waals surface area (Å²) in [5.74, 6) is -0.977. The fourth-order valence-electron chi connectivity index (χ4n) is 3.82. The Morgan fingerprint density at radius 1 is 1.25 bits per heavy atom. The van der Waals surface area contributed by atoms with Gasteiger partial charge >= 0.3 is 5.97 Å². The molecule has 1 N–H and O–H groups in total. The third-order valence-electron chi connectivity index (χ3n) is 4.98. The van der Waals surface area contributed by atoms with Gasteiger partial charge in [-0.1, -0.05) is 24.3 Å². The van der Waals surface area contributed by atoms with Gasteiger partial charge in [-0.05, 0) is 43.5 Å². The first-order valence-electron chi connectivity index (χ1n) is 8.17. The molecule has 0 amide bonds. The summed E-state index contributed by atoms with van der Waals surface area (Å²) in [5, 5.41) is 11.6. The van der Waals surface area contributed by atoms with E-state index < -0.39 is 5.97 Å². The van der Waals surface area contributed by atoms with Gasteiger partial charge in [0, 0.05) is 28.8 Å². The van der Waals surface area contributed by atoms with Gasteiger partial charge in [0.05, 0.1) is 16.9 Å². The molecule has 0 aliphatic heterocycles. The number of nitrogens with zero attached hydrogens (tertiary/aromatic N) is 1. The lowest BCUT2D eigenvalue weighted by Gasteiger charge is -2.23. The summed E-state index contributed by atoms with van der Waals surface area (Å²) in [6.07, 6.45) is 3.46. The van der Waals surface area contributed by atoms with Gasteiger partial charge in [-0.15, -0.1) is 0 Å². The Bertz CT molecular complexity index is 1000. The lowest BCUT2D eigenvalue weighted by atomic mass is 10.0. The third kappa shape index (κ3) is 2.21. The van der Waals surface area contributed by atoms with Gasteiger partial charge in [-0.2, -0.15) is 0 Å². The fourth-order valence-corrected chi connectivity index (χ4v) is 3.82. The molecule has 3 aromatic rings. The highest BCUT2D eigenvalue weighted by atomic mass is 19.1. The van der Waals surface area contributed by atoms with Gasteiger partial charge in [0.15, 0.2) is 0 Å². The van der Waals surface area contributed by atoms with Gasteiger partial charge < -0.3 is 9.67 Å². The van der Waals surface area contributed by atoms with Gasteiger partial charge in [0.25, 0.3) is 0 Å². The van der Waals surface area contributed by atoms with Crippen LogP contribution in [0.2, 0.25) is 0 Å². The van der Waals surface area contributed by atoms with Crippen molar-refractivity contribution < 1.29 is 14.3 Å². The molecule has 1 aliphatic carbocycles. The Balaban J connectivity index is 2.05. The normalized spacial score (nSPS) is 18.1. The molecule has 0 bridgehead atoms. The number of carboxylic acids is 1. The Hall–Kier alpha value is -2.62. The van der Waals surface area contributed by atoms with E-state index >= 15 is 0 Å². The molecular weight excluding hydrogens is 305 g/mol. The second-order valence-electron chi connectivity index (χ2n) is 6.46. The maximum absolute atomic E-state index is 13.4. The predicted molar refractivity (Wildman–Crippen MR) is 93.2 cm³/mol. The Morgan fingerprint density at radius 2 is 2.08 bits per heavy atom. The monoisotopic (exact) mass is 323 g/mol. The summed E-state index contributed by atoms with van der Waals surface area (Å²) >= 11 is 0. The van der Waals surface area contributed by atoms with Crippen LogP contribution in [-0.2, 0) is 0 Å². The smallest absolute Gasteiger partial charge is 0.335 e. The maximum Gasteiger partial charge on any atom is 0.335 e. The second kappa shape index (κ2) is 5.48. The number of hydrogen-bond donors (Lipinski definition) is 1. The van der Waals surface area contributed by atoms with Crippen LogP contribution in [0.25, 0.3) is 21.8 Å². The molecule has 1 unspecified atom stereocenters. The summed E-state index contributed by atoms with van der Waals surface area (Å²) in [6.45, 7) is 2.07. The van der Waals surface area contributed by atoms with Crippen molar-refractivity contribution in [1.82, 2.24) is 4.57 Å². The van der Waals surface area contributed by atoms with Crippen molar-refractivity contribution in [2.24, 2.45) is 0 Å². The van der Waals surface area contributed by atoms with Crippen LogP contribution >= 0.6 is 0 Å². The van der Waals surface area contributed by atoms with Crippen LogP contribution in [0.1, 0.15) is 41.2 Å². The van der Waals surface area contributed by atoms with E-state index in [0.717, 1.165) is 33.8 Å². The number of aryl methyl sites for hydroxylation is 1. The Morgan fingerprint density at radius 3 is 2.79 bits per heavy atom. The number of fused-ring (bicyclic) bond motifs is 3. The van der Waals surface area contributed by atoms with Crippen LogP contribution in [0.4, 0.5) is 4.39 Å². The average Bonchev–Trinajstić information content (AvgIpc) is 2.90. The van der Waals surface area contributed by atoms with Crippen LogP contribution in [0.5, 0.6) is 0 Å². The molecule has 0 saturated carbocycles. The molecule has 3 nitrogen and oxygen atoms in total. The first kappa shape index (κ1) is 14.9. The van der Waals surface area contributed by atoms with Crippen LogP contribution < -0.4 is 0 Å². The number of carbonyl (C=O) groups is 1. The van der Waals surface area contributed by atoms with Crippen molar-refractivity contribution in [3.05, 3.63) is 59.4 Å². The Kier molecular flexibility index (Phi) is 3.41. The SMILES string of the molecule is Cc1cccc2c1c1ccc(C(=O)O)cc1n2C1CC=C(F)CC1. The summed E-state index contributed by atoms with van der Waals surface area (Å²) in [7, 11) is 0. The number of rotatable bonds is 2. The Labute approximate surface area is 139 Å². The van der Waals surface area contributed by atoms with Crippen molar-refractivity contribution >= 4 is 27.8 Å². The van der Waals surface area contributed by atoms with Gasteiger partial charge in [-0.25, -0.2) is 9.18 Å². The molecule has 24 heavy (non-hydrogen) atoms. The molecule has 1 atom stereocenters. The highest BCUT2D eigenvalue weighted by molar-refractivity contribution is 6.11. The highest BCUT2D eigenvalue weighted by Crippen LogP contribution is 2.38.